The van der Waals surface area contributed by atoms with Crippen molar-refractivity contribution in [1.29, 1.82) is 0 Å². The van der Waals surface area contributed by atoms with E-state index in [0.29, 0.717) is 16.9 Å². The van der Waals surface area contributed by atoms with Crippen LogP contribution in [-0.2, 0) is 4.79 Å². The molecule has 1 N–H and O–H groups in total. The van der Waals surface area contributed by atoms with Gasteiger partial charge in [-0.25, -0.2) is 5.43 Å². The fourth-order valence-corrected chi connectivity index (χ4v) is 2.47. The Hall–Kier alpha value is -3.47. The molecule has 0 fully saturated rings. The molecule has 5 nitrogen and oxygen atoms in total. The summed E-state index contributed by atoms with van der Waals surface area (Å²) >= 11 is 0. The highest BCUT2D eigenvalue weighted by Gasteiger charge is 2.08. The minimum Gasteiger partial charge on any atom is -0.427 e. The van der Waals surface area contributed by atoms with Crippen molar-refractivity contribution in [1.82, 2.24) is 5.43 Å². The van der Waals surface area contributed by atoms with Gasteiger partial charge in [-0.05, 0) is 34.5 Å². The Bertz CT molecular complexity index is 959. The second-order valence-corrected chi connectivity index (χ2v) is 5.39. The monoisotopic (exact) mass is 332 g/mol. The van der Waals surface area contributed by atoms with Crippen LogP contribution in [0.2, 0.25) is 0 Å². The molecule has 0 heterocycles. The number of amides is 1. The van der Waals surface area contributed by atoms with E-state index in [1.54, 1.807) is 30.3 Å². The quantitative estimate of drug-likeness (QED) is 0.344. The minimum absolute atomic E-state index is 0.288. The topological polar surface area (TPSA) is 67.8 Å². The van der Waals surface area contributed by atoms with Crippen molar-refractivity contribution in [2.75, 3.05) is 0 Å². The lowest BCUT2D eigenvalue weighted by Crippen LogP contribution is -2.17. The van der Waals surface area contributed by atoms with Crippen molar-refractivity contribution >= 4 is 28.9 Å². The first-order valence-corrected chi connectivity index (χ1v) is 7.73. The average molecular weight is 332 g/mol. The number of fused-ring (bicyclic) bond motifs is 1. The third-order valence-corrected chi connectivity index (χ3v) is 3.53. The predicted molar refractivity (Wildman–Crippen MR) is 96.8 cm³/mol. The van der Waals surface area contributed by atoms with Crippen molar-refractivity contribution in [3.63, 3.8) is 0 Å². The van der Waals surface area contributed by atoms with Crippen molar-refractivity contribution in [2.45, 2.75) is 6.92 Å². The molecule has 0 aliphatic carbocycles. The highest BCUT2D eigenvalue weighted by atomic mass is 16.5. The normalized spacial score (nSPS) is 10.8. The summed E-state index contributed by atoms with van der Waals surface area (Å²) in [6.07, 6.45) is 1.50. The number of carbonyl (C=O) groups excluding carboxylic acids is 2. The summed E-state index contributed by atoms with van der Waals surface area (Å²) in [5.74, 6) is -0.251. The molecule has 0 aliphatic rings. The number of nitrogens with zero attached hydrogens (tertiary/aromatic N) is 1. The van der Waals surface area contributed by atoms with Gasteiger partial charge in [-0.1, -0.05) is 48.5 Å². The van der Waals surface area contributed by atoms with Crippen LogP contribution in [0.15, 0.2) is 71.8 Å². The smallest absolute Gasteiger partial charge is 0.308 e. The summed E-state index contributed by atoms with van der Waals surface area (Å²) in [5, 5.41) is 5.84. The van der Waals surface area contributed by atoms with Crippen molar-refractivity contribution in [3.8, 4) is 5.75 Å². The molecule has 0 radical (unpaired) electrons. The number of nitrogens with one attached hydrogen (secondary N) is 1. The highest BCUT2D eigenvalue weighted by molar-refractivity contribution is 6.07. The van der Waals surface area contributed by atoms with Gasteiger partial charge in [0.1, 0.15) is 5.75 Å². The van der Waals surface area contributed by atoms with Crippen molar-refractivity contribution < 1.29 is 14.3 Å². The Kier molecular flexibility index (Phi) is 4.85. The van der Waals surface area contributed by atoms with Crippen LogP contribution in [0.4, 0.5) is 0 Å². The van der Waals surface area contributed by atoms with Gasteiger partial charge in [-0.2, -0.15) is 5.10 Å². The zero-order chi connectivity index (χ0) is 17.6. The van der Waals surface area contributed by atoms with Gasteiger partial charge < -0.3 is 4.74 Å². The lowest BCUT2D eigenvalue weighted by atomic mass is 10.0. The molecule has 25 heavy (non-hydrogen) atoms. The Morgan fingerprint density at radius 2 is 1.76 bits per heavy atom. The van der Waals surface area contributed by atoms with Crippen LogP contribution in [0.1, 0.15) is 22.8 Å². The molecule has 1 amide bonds. The molecule has 0 saturated carbocycles. The first-order valence-electron chi connectivity index (χ1n) is 7.73. The van der Waals surface area contributed by atoms with Crippen LogP contribution in [0.5, 0.6) is 5.75 Å². The number of hydrogen-bond acceptors (Lipinski definition) is 4. The number of ether oxygens (including phenoxy) is 1. The maximum atomic E-state index is 12.4. The molecule has 0 bridgehead atoms. The number of hydrogen-bond donors (Lipinski definition) is 1. The largest absolute Gasteiger partial charge is 0.427 e. The number of carbonyl (C=O) groups is 2. The molecule has 5 heteroatoms. The van der Waals surface area contributed by atoms with Crippen LogP contribution >= 0.6 is 0 Å². The number of esters is 1. The molecular formula is C20H16N2O3. The van der Waals surface area contributed by atoms with Crippen LogP contribution < -0.4 is 10.2 Å². The zero-order valence-electron chi connectivity index (χ0n) is 13.6. The van der Waals surface area contributed by atoms with Gasteiger partial charge in [0.05, 0.1) is 6.21 Å². The summed E-state index contributed by atoms with van der Waals surface area (Å²) in [4.78, 5) is 23.3. The molecule has 0 aromatic heterocycles. The molecule has 124 valence electrons. The fourth-order valence-electron chi connectivity index (χ4n) is 2.47. The molecule has 0 unspecified atom stereocenters. The second-order valence-electron chi connectivity index (χ2n) is 5.39. The van der Waals surface area contributed by atoms with Gasteiger partial charge in [0.25, 0.3) is 5.91 Å². The molecule has 0 spiro atoms. The van der Waals surface area contributed by atoms with Crippen LogP contribution in [0.25, 0.3) is 10.8 Å². The lowest BCUT2D eigenvalue weighted by molar-refractivity contribution is -0.131. The number of benzene rings is 3. The molecule has 3 aromatic carbocycles. The fraction of sp³-hybridized carbons (Fsp3) is 0.0500. The molecule has 0 atom stereocenters. The summed E-state index contributed by atoms with van der Waals surface area (Å²) in [6, 6.07) is 20.1. The van der Waals surface area contributed by atoms with E-state index in [1.807, 2.05) is 36.4 Å². The van der Waals surface area contributed by atoms with Crippen LogP contribution in [-0.4, -0.2) is 18.1 Å². The van der Waals surface area contributed by atoms with Crippen molar-refractivity contribution in [2.24, 2.45) is 5.10 Å². The Labute approximate surface area is 144 Å². The first kappa shape index (κ1) is 16.4. The SMILES string of the molecule is CC(=O)Oc1cccc(/C=N\NC(=O)c2cccc3ccccc23)c1. The Morgan fingerprint density at radius 3 is 2.60 bits per heavy atom. The van der Waals surface area contributed by atoms with Crippen LogP contribution in [0.3, 0.4) is 0 Å². The van der Waals surface area contributed by atoms with Gasteiger partial charge in [0.2, 0.25) is 0 Å². The maximum absolute atomic E-state index is 12.4. The highest BCUT2D eigenvalue weighted by Crippen LogP contribution is 2.18. The van der Waals surface area contributed by atoms with E-state index in [-0.39, 0.29) is 5.91 Å². The molecule has 0 saturated heterocycles. The van der Waals surface area contributed by atoms with E-state index in [2.05, 4.69) is 10.5 Å². The van der Waals surface area contributed by atoms with E-state index in [4.69, 9.17) is 4.74 Å². The van der Waals surface area contributed by atoms with E-state index in [1.165, 1.54) is 13.1 Å². The molecular weight excluding hydrogens is 316 g/mol. The van der Waals surface area contributed by atoms with Gasteiger partial charge in [-0.15, -0.1) is 0 Å². The number of hydrazone groups is 1. The van der Waals surface area contributed by atoms with Gasteiger partial charge in [-0.3, -0.25) is 9.59 Å². The van der Waals surface area contributed by atoms with E-state index in [0.717, 1.165) is 10.8 Å². The third kappa shape index (κ3) is 4.09. The standard InChI is InChI=1S/C20H16N2O3/c1-14(23)25-17-9-4-6-15(12-17)13-21-22-20(24)19-11-5-8-16-7-2-3-10-18(16)19/h2-13H,1H3,(H,22,24)/b21-13-. The zero-order valence-corrected chi connectivity index (χ0v) is 13.6. The number of rotatable bonds is 4. The predicted octanol–water partition coefficient (Wildman–Crippen LogP) is 3.53. The molecule has 3 rings (SSSR count). The summed E-state index contributed by atoms with van der Waals surface area (Å²) in [5.41, 5.74) is 3.79. The first-order chi connectivity index (χ1) is 12.1. The maximum Gasteiger partial charge on any atom is 0.308 e. The van der Waals surface area contributed by atoms with E-state index in [9.17, 15) is 9.59 Å². The van der Waals surface area contributed by atoms with E-state index >= 15 is 0 Å². The molecule has 3 aromatic rings. The lowest BCUT2D eigenvalue weighted by Gasteiger charge is -2.05. The third-order valence-electron chi connectivity index (χ3n) is 3.53. The van der Waals surface area contributed by atoms with Gasteiger partial charge >= 0.3 is 5.97 Å². The Balaban J connectivity index is 1.73. The second kappa shape index (κ2) is 7.40. The minimum atomic E-state index is -0.390. The molecule has 0 aliphatic heterocycles. The van der Waals surface area contributed by atoms with Crippen LogP contribution in [0, 0.1) is 0 Å². The van der Waals surface area contributed by atoms with Crippen molar-refractivity contribution in [3.05, 3.63) is 77.9 Å². The summed E-state index contributed by atoms with van der Waals surface area (Å²) in [6.45, 7) is 1.34. The Morgan fingerprint density at radius 1 is 1.00 bits per heavy atom. The summed E-state index contributed by atoms with van der Waals surface area (Å²) < 4.78 is 5.01. The summed E-state index contributed by atoms with van der Waals surface area (Å²) in [7, 11) is 0. The van der Waals surface area contributed by atoms with Gasteiger partial charge in [0, 0.05) is 12.5 Å². The van der Waals surface area contributed by atoms with Gasteiger partial charge in [0.15, 0.2) is 0 Å². The average Bonchev–Trinajstić information content (AvgIpc) is 2.61. The van der Waals surface area contributed by atoms with E-state index < -0.39 is 5.97 Å².